The van der Waals surface area contributed by atoms with Crippen LogP contribution in [0.4, 0.5) is 4.39 Å². The van der Waals surface area contributed by atoms with E-state index in [0.29, 0.717) is 23.5 Å². The van der Waals surface area contributed by atoms with Gasteiger partial charge in [-0.3, -0.25) is 4.79 Å². The largest absolute Gasteiger partial charge is 0.355 e. The Labute approximate surface area is 185 Å². The zero-order valence-electron chi connectivity index (χ0n) is 18.4. The number of carbonyl (C=O) groups is 1. The van der Waals surface area contributed by atoms with Crippen LogP contribution in [0.3, 0.4) is 0 Å². The molecule has 0 radical (unpaired) electrons. The first-order valence-electron chi connectivity index (χ1n) is 11.7. The third kappa shape index (κ3) is 4.70. The molecule has 1 N–H and O–H groups in total. The predicted molar refractivity (Wildman–Crippen MR) is 121 cm³/mol. The van der Waals surface area contributed by atoms with Crippen molar-refractivity contribution in [3.63, 3.8) is 0 Å². The molecule has 5 heteroatoms. The molecule has 3 fully saturated rings. The molecule has 1 heterocycles. The summed E-state index contributed by atoms with van der Waals surface area (Å²) in [4.78, 5) is 15.3. The number of halogens is 2. The van der Waals surface area contributed by atoms with Crippen LogP contribution in [0.25, 0.3) is 0 Å². The number of amides is 1. The number of likely N-dealkylation sites (tertiary alicyclic amines) is 1. The Balaban J connectivity index is 1.26. The minimum Gasteiger partial charge on any atom is -0.355 e. The van der Waals surface area contributed by atoms with Gasteiger partial charge in [0, 0.05) is 24.0 Å². The molecule has 0 unspecified atom stereocenters. The van der Waals surface area contributed by atoms with Crippen LogP contribution in [0.15, 0.2) is 24.3 Å². The van der Waals surface area contributed by atoms with Crippen LogP contribution >= 0.6 is 11.6 Å². The van der Waals surface area contributed by atoms with Gasteiger partial charge in [0.2, 0.25) is 5.91 Å². The maximum atomic E-state index is 14.9. The SMILES string of the molecule is CC(C)(CCN1CC[C@@H](CNC(=O)C2(c3ccc(Cl)cc3)CCC2)[C@@H](F)C1)C1CC1. The number of hydrogen-bond acceptors (Lipinski definition) is 2. The maximum Gasteiger partial charge on any atom is 0.230 e. The van der Waals surface area contributed by atoms with Crippen molar-refractivity contribution in [2.75, 3.05) is 26.2 Å². The lowest BCUT2D eigenvalue weighted by Crippen LogP contribution is -2.52. The smallest absolute Gasteiger partial charge is 0.230 e. The van der Waals surface area contributed by atoms with Crippen molar-refractivity contribution in [3.8, 4) is 0 Å². The molecule has 1 aliphatic heterocycles. The molecule has 0 aromatic heterocycles. The van der Waals surface area contributed by atoms with E-state index in [9.17, 15) is 9.18 Å². The van der Waals surface area contributed by atoms with Crippen LogP contribution in [0.5, 0.6) is 0 Å². The Morgan fingerprint density at radius 3 is 2.50 bits per heavy atom. The molecule has 1 aromatic carbocycles. The Bertz CT molecular complexity index is 742. The van der Waals surface area contributed by atoms with Gasteiger partial charge in [0.15, 0.2) is 0 Å². The van der Waals surface area contributed by atoms with E-state index in [1.54, 1.807) is 0 Å². The first-order valence-corrected chi connectivity index (χ1v) is 12.1. The second-order valence-corrected chi connectivity index (χ2v) is 11.0. The fourth-order valence-corrected chi connectivity index (χ4v) is 5.43. The van der Waals surface area contributed by atoms with E-state index in [2.05, 4.69) is 24.1 Å². The zero-order chi connectivity index (χ0) is 21.4. The molecule has 2 atom stereocenters. The Hall–Kier alpha value is -1.13. The highest BCUT2D eigenvalue weighted by Crippen LogP contribution is 2.47. The summed E-state index contributed by atoms with van der Waals surface area (Å²) in [6.45, 7) is 7.58. The average Bonchev–Trinajstić information content (AvgIpc) is 3.52. The quantitative estimate of drug-likeness (QED) is 0.597. The average molecular weight is 435 g/mol. The lowest BCUT2D eigenvalue weighted by Gasteiger charge is -2.42. The molecule has 1 amide bonds. The van der Waals surface area contributed by atoms with Crippen molar-refractivity contribution in [2.24, 2.45) is 17.3 Å². The van der Waals surface area contributed by atoms with Crippen molar-refractivity contribution >= 4 is 17.5 Å². The van der Waals surface area contributed by atoms with Crippen molar-refractivity contribution in [1.29, 1.82) is 0 Å². The minimum absolute atomic E-state index is 0.0527. The zero-order valence-corrected chi connectivity index (χ0v) is 19.2. The van der Waals surface area contributed by atoms with E-state index in [1.165, 1.54) is 12.8 Å². The first-order chi connectivity index (χ1) is 14.3. The van der Waals surface area contributed by atoms with Crippen LogP contribution in [0.2, 0.25) is 5.02 Å². The Kier molecular flexibility index (Phi) is 6.46. The van der Waals surface area contributed by atoms with Gasteiger partial charge in [-0.15, -0.1) is 0 Å². The van der Waals surface area contributed by atoms with Crippen molar-refractivity contribution in [2.45, 2.75) is 70.4 Å². The van der Waals surface area contributed by atoms with Gasteiger partial charge in [-0.25, -0.2) is 4.39 Å². The highest BCUT2D eigenvalue weighted by Gasteiger charge is 2.46. The van der Waals surface area contributed by atoms with Gasteiger partial charge >= 0.3 is 0 Å². The van der Waals surface area contributed by atoms with Gasteiger partial charge in [-0.05, 0) is 80.6 Å². The summed E-state index contributed by atoms with van der Waals surface area (Å²) >= 11 is 6.01. The van der Waals surface area contributed by atoms with Gasteiger partial charge < -0.3 is 10.2 Å². The van der Waals surface area contributed by atoms with Crippen molar-refractivity contribution < 1.29 is 9.18 Å². The van der Waals surface area contributed by atoms with Gasteiger partial charge in [0.25, 0.3) is 0 Å². The third-order valence-corrected chi connectivity index (χ3v) is 8.33. The van der Waals surface area contributed by atoms with Crippen LogP contribution in [0.1, 0.15) is 64.4 Å². The summed E-state index contributed by atoms with van der Waals surface area (Å²) in [5.41, 5.74) is 0.960. The van der Waals surface area contributed by atoms with Crippen LogP contribution < -0.4 is 5.32 Å². The summed E-state index contributed by atoms with van der Waals surface area (Å²) in [5, 5.41) is 3.78. The molecule has 2 saturated carbocycles. The topological polar surface area (TPSA) is 32.3 Å². The Morgan fingerprint density at radius 2 is 1.93 bits per heavy atom. The first kappa shape index (κ1) is 22.1. The number of carbonyl (C=O) groups excluding carboxylic acids is 1. The number of rotatable bonds is 8. The van der Waals surface area contributed by atoms with E-state index in [0.717, 1.165) is 56.7 Å². The molecule has 4 rings (SSSR count). The summed E-state index contributed by atoms with van der Waals surface area (Å²) in [7, 11) is 0. The van der Waals surface area contributed by atoms with Gasteiger partial charge in [-0.1, -0.05) is 44.0 Å². The highest BCUT2D eigenvalue weighted by atomic mass is 35.5. The minimum atomic E-state index is -0.865. The number of nitrogens with one attached hydrogen (secondary N) is 1. The number of nitrogens with zero attached hydrogens (tertiary/aromatic N) is 1. The standard InChI is InChI=1S/C25H36ClFN2O/c1-24(2,19-4-5-19)13-15-29-14-10-18(22(27)17-29)16-28-23(30)25(11-3-12-25)20-6-8-21(26)9-7-20/h6-9,18-19,22H,3-5,10-17H2,1-2H3,(H,28,30)/t18-,22-/m0/s1. The number of piperidine rings is 1. The molecule has 0 spiro atoms. The molecule has 1 saturated heterocycles. The lowest BCUT2D eigenvalue weighted by molar-refractivity contribution is -0.130. The number of alkyl halides is 1. The summed E-state index contributed by atoms with van der Waals surface area (Å²) in [6, 6.07) is 7.62. The van der Waals surface area contributed by atoms with E-state index in [-0.39, 0.29) is 11.8 Å². The highest BCUT2D eigenvalue weighted by molar-refractivity contribution is 6.30. The molecule has 30 heavy (non-hydrogen) atoms. The Morgan fingerprint density at radius 1 is 1.23 bits per heavy atom. The fraction of sp³-hybridized carbons (Fsp3) is 0.720. The number of benzene rings is 1. The molecular weight excluding hydrogens is 399 g/mol. The molecule has 3 nitrogen and oxygen atoms in total. The van der Waals surface area contributed by atoms with Crippen LogP contribution in [0, 0.1) is 17.3 Å². The lowest BCUT2D eigenvalue weighted by atomic mass is 9.63. The maximum absolute atomic E-state index is 14.9. The summed E-state index contributed by atoms with van der Waals surface area (Å²) in [5.74, 6) is 0.840. The molecular formula is C25H36ClFN2O. The summed E-state index contributed by atoms with van der Waals surface area (Å²) < 4.78 is 14.9. The van der Waals surface area contributed by atoms with Crippen LogP contribution in [-0.2, 0) is 10.2 Å². The predicted octanol–water partition coefficient (Wildman–Crippen LogP) is 5.36. The molecule has 0 bridgehead atoms. The van der Waals surface area contributed by atoms with E-state index < -0.39 is 11.6 Å². The van der Waals surface area contributed by atoms with E-state index in [4.69, 9.17) is 11.6 Å². The van der Waals surface area contributed by atoms with Crippen molar-refractivity contribution in [3.05, 3.63) is 34.9 Å². The molecule has 3 aliphatic rings. The van der Waals surface area contributed by atoms with Gasteiger partial charge in [-0.2, -0.15) is 0 Å². The monoisotopic (exact) mass is 434 g/mol. The van der Waals surface area contributed by atoms with Crippen molar-refractivity contribution in [1.82, 2.24) is 10.2 Å². The summed E-state index contributed by atoms with van der Waals surface area (Å²) in [6.07, 6.45) is 6.59. The molecule has 2 aliphatic carbocycles. The third-order valence-electron chi connectivity index (χ3n) is 8.08. The second kappa shape index (κ2) is 8.78. The van der Waals surface area contributed by atoms with E-state index in [1.807, 2.05) is 24.3 Å². The fourth-order valence-electron chi connectivity index (χ4n) is 5.30. The molecule has 166 valence electrons. The normalized spacial score (nSPS) is 26.8. The van der Waals surface area contributed by atoms with Crippen LogP contribution in [-0.4, -0.2) is 43.2 Å². The van der Waals surface area contributed by atoms with Gasteiger partial charge in [0.1, 0.15) is 6.17 Å². The number of hydrogen-bond donors (Lipinski definition) is 1. The second-order valence-electron chi connectivity index (χ2n) is 10.5. The van der Waals surface area contributed by atoms with Gasteiger partial charge in [0.05, 0.1) is 5.41 Å². The van der Waals surface area contributed by atoms with E-state index >= 15 is 0 Å². The molecule has 1 aromatic rings.